The van der Waals surface area contributed by atoms with Crippen LogP contribution in [0.1, 0.15) is 32.5 Å². The average Bonchev–Trinajstić information content (AvgIpc) is 2.87. The van der Waals surface area contributed by atoms with Crippen molar-refractivity contribution in [1.29, 1.82) is 0 Å². The summed E-state index contributed by atoms with van der Waals surface area (Å²) in [6.45, 7) is 9.43. The predicted octanol–water partition coefficient (Wildman–Crippen LogP) is 1.22. The fourth-order valence-electron chi connectivity index (χ4n) is 2.82. The Morgan fingerprint density at radius 2 is 2.24 bits per heavy atom. The molecule has 0 amide bonds. The van der Waals surface area contributed by atoms with Gasteiger partial charge in [-0.15, -0.1) is 0 Å². The van der Waals surface area contributed by atoms with Gasteiger partial charge in [0.1, 0.15) is 5.82 Å². The average molecular weight is 314 g/mol. The first-order valence-corrected chi connectivity index (χ1v) is 9.17. The van der Waals surface area contributed by atoms with E-state index < -0.39 is 10.0 Å². The first kappa shape index (κ1) is 16.5. The van der Waals surface area contributed by atoms with E-state index in [0.717, 1.165) is 38.3 Å². The van der Waals surface area contributed by atoms with Gasteiger partial charge in [0.15, 0.2) is 5.03 Å². The minimum atomic E-state index is -3.49. The van der Waals surface area contributed by atoms with Crippen LogP contribution in [0.5, 0.6) is 0 Å². The Morgan fingerprint density at radius 3 is 2.76 bits per heavy atom. The van der Waals surface area contributed by atoms with Gasteiger partial charge in [-0.3, -0.25) is 0 Å². The summed E-state index contributed by atoms with van der Waals surface area (Å²) in [5.41, 5.74) is 0. The molecule has 1 aromatic rings. The van der Waals surface area contributed by atoms with E-state index in [4.69, 9.17) is 0 Å². The van der Waals surface area contributed by atoms with Crippen molar-refractivity contribution in [2.24, 2.45) is 5.92 Å². The summed E-state index contributed by atoms with van der Waals surface area (Å²) >= 11 is 0. The van der Waals surface area contributed by atoms with Crippen LogP contribution in [0, 0.1) is 12.8 Å². The second-order valence-electron chi connectivity index (χ2n) is 5.58. The van der Waals surface area contributed by atoms with Crippen molar-refractivity contribution in [3.05, 3.63) is 12.0 Å². The molecule has 120 valence electrons. The Bertz CT molecular complexity index is 562. The van der Waals surface area contributed by atoms with E-state index in [1.807, 2.05) is 25.3 Å². The molecule has 1 atom stereocenters. The number of aromatic nitrogens is 2. The number of nitrogens with one attached hydrogen (secondary N) is 1. The Morgan fingerprint density at radius 1 is 1.48 bits per heavy atom. The van der Waals surface area contributed by atoms with Crippen LogP contribution in [0.4, 0.5) is 0 Å². The number of hydrogen-bond donors (Lipinski definition) is 1. The van der Waals surface area contributed by atoms with Crippen LogP contribution in [-0.4, -0.2) is 48.5 Å². The highest BCUT2D eigenvalue weighted by Crippen LogP contribution is 2.19. The highest BCUT2D eigenvalue weighted by molar-refractivity contribution is 7.89. The number of rotatable bonds is 6. The Kier molecular flexibility index (Phi) is 5.40. The molecule has 2 heterocycles. The van der Waals surface area contributed by atoms with Crippen LogP contribution in [0.3, 0.4) is 0 Å². The number of aryl methyl sites for hydroxylation is 2. The summed E-state index contributed by atoms with van der Waals surface area (Å²) < 4.78 is 28.9. The zero-order valence-electron chi connectivity index (χ0n) is 13.2. The van der Waals surface area contributed by atoms with Crippen molar-refractivity contribution < 1.29 is 8.42 Å². The SMILES string of the molecule is CCN(CC1CCCNC1)S(=O)(=O)c1cn(CC)c(C)n1. The molecule has 1 fully saturated rings. The van der Waals surface area contributed by atoms with Crippen LogP contribution in [0.2, 0.25) is 0 Å². The molecule has 1 aliphatic heterocycles. The smallest absolute Gasteiger partial charge is 0.262 e. The molecule has 1 aromatic heterocycles. The molecule has 1 unspecified atom stereocenters. The summed E-state index contributed by atoms with van der Waals surface area (Å²) in [5, 5.41) is 3.51. The van der Waals surface area contributed by atoms with Gasteiger partial charge in [0.05, 0.1) is 0 Å². The molecule has 6 nitrogen and oxygen atoms in total. The Labute approximate surface area is 127 Å². The molecule has 1 aliphatic rings. The highest BCUT2D eigenvalue weighted by atomic mass is 32.2. The molecule has 21 heavy (non-hydrogen) atoms. The van der Waals surface area contributed by atoms with Gasteiger partial charge in [0.2, 0.25) is 0 Å². The minimum Gasteiger partial charge on any atom is -0.334 e. The first-order chi connectivity index (χ1) is 9.98. The van der Waals surface area contributed by atoms with Crippen LogP contribution < -0.4 is 5.32 Å². The lowest BCUT2D eigenvalue weighted by Crippen LogP contribution is -2.41. The van der Waals surface area contributed by atoms with Crippen molar-refractivity contribution in [2.45, 2.75) is 45.2 Å². The Hall–Kier alpha value is -0.920. The van der Waals surface area contributed by atoms with E-state index in [1.54, 1.807) is 10.5 Å². The molecule has 0 aromatic carbocycles. The summed E-state index contributed by atoms with van der Waals surface area (Å²) in [4.78, 5) is 4.23. The van der Waals surface area contributed by atoms with Gasteiger partial charge in [0, 0.05) is 25.8 Å². The number of imidazole rings is 1. The van der Waals surface area contributed by atoms with Gasteiger partial charge in [-0.25, -0.2) is 13.4 Å². The molecule has 2 rings (SSSR count). The predicted molar refractivity (Wildman–Crippen MR) is 82.7 cm³/mol. The molecule has 0 bridgehead atoms. The Balaban J connectivity index is 2.17. The van der Waals surface area contributed by atoms with Gasteiger partial charge in [-0.05, 0) is 45.7 Å². The maximum atomic E-state index is 12.7. The summed E-state index contributed by atoms with van der Waals surface area (Å²) in [6.07, 6.45) is 3.85. The van der Waals surface area contributed by atoms with Crippen molar-refractivity contribution in [2.75, 3.05) is 26.2 Å². The van der Waals surface area contributed by atoms with E-state index in [2.05, 4.69) is 10.3 Å². The normalized spacial score (nSPS) is 20.1. The largest absolute Gasteiger partial charge is 0.334 e. The molecular weight excluding hydrogens is 288 g/mol. The molecule has 0 saturated carbocycles. The summed E-state index contributed by atoms with van der Waals surface area (Å²) in [6, 6.07) is 0. The van der Waals surface area contributed by atoms with Crippen molar-refractivity contribution in [3.8, 4) is 0 Å². The van der Waals surface area contributed by atoms with Gasteiger partial charge in [0.25, 0.3) is 10.0 Å². The van der Waals surface area contributed by atoms with Gasteiger partial charge < -0.3 is 9.88 Å². The lowest BCUT2D eigenvalue weighted by molar-refractivity contribution is 0.297. The number of sulfonamides is 1. The van der Waals surface area contributed by atoms with Gasteiger partial charge in [-0.1, -0.05) is 6.92 Å². The van der Waals surface area contributed by atoms with Crippen LogP contribution in [0.15, 0.2) is 11.2 Å². The molecule has 0 radical (unpaired) electrons. The van der Waals surface area contributed by atoms with Crippen LogP contribution >= 0.6 is 0 Å². The first-order valence-electron chi connectivity index (χ1n) is 7.73. The third-order valence-corrected chi connectivity index (χ3v) is 5.92. The molecule has 7 heteroatoms. The fourth-order valence-corrected chi connectivity index (χ4v) is 4.34. The zero-order valence-corrected chi connectivity index (χ0v) is 14.0. The molecular formula is C14H26N4O2S. The van der Waals surface area contributed by atoms with Crippen molar-refractivity contribution in [3.63, 3.8) is 0 Å². The van der Waals surface area contributed by atoms with Gasteiger partial charge >= 0.3 is 0 Å². The zero-order chi connectivity index (χ0) is 15.5. The number of nitrogens with zero attached hydrogens (tertiary/aromatic N) is 3. The quantitative estimate of drug-likeness (QED) is 0.857. The topological polar surface area (TPSA) is 67.2 Å². The summed E-state index contributed by atoms with van der Waals surface area (Å²) in [7, 11) is -3.49. The maximum absolute atomic E-state index is 12.7. The number of piperidine rings is 1. The van der Waals surface area contributed by atoms with E-state index in [1.165, 1.54) is 0 Å². The third-order valence-electron chi connectivity index (χ3n) is 4.11. The van der Waals surface area contributed by atoms with Crippen molar-refractivity contribution in [1.82, 2.24) is 19.2 Å². The second-order valence-corrected chi connectivity index (χ2v) is 7.47. The molecule has 0 spiro atoms. The van der Waals surface area contributed by atoms with E-state index in [0.29, 0.717) is 19.0 Å². The molecule has 0 aliphatic carbocycles. The lowest BCUT2D eigenvalue weighted by atomic mass is 10.00. The maximum Gasteiger partial charge on any atom is 0.262 e. The molecule has 1 N–H and O–H groups in total. The van der Waals surface area contributed by atoms with Crippen LogP contribution in [-0.2, 0) is 16.6 Å². The third kappa shape index (κ3) is 3.64. The minimum absolute atomic E-state index is 0.174. The van der Waals surface area contributed by atoms with E-state index >= 15 is 0 Å². The van der Waals surface area contributed by atoms with Crippen molar-refractivity contribution >= 4 is 10.0 Å². The highest BCUT2D eigenvalue weighted by Gasteiger charge is 2.29. The lowest BCUT2D eigenvalue weighted by Gasteiger charge is -2.28. The monoisotopic (exact) mass is 314 g/mol. The second kappa shape index (κ2) is 6.89. The fraction of sp³-hybridized carbons (Fsp3) is 0.786. The number of hydrogen-bond acceptors (Lipinski definition) is 4. The van der Waals surface area contributed by atoms with Crippen LogP contribution in [0.25, 0.3) is 0 Å². The van der Waals surface area contributed by atoms with E-state index in [-0.39, 0.29) is 5.03 Å². The molecule has 1 saturated heterocycles. The standard InChI is InChI=1S/C14H26N4O2S/c1-4-17-11-14(16-12(17)3)21(19,20)18(5-2)10-13-7-6-8-15-9-13/h11,13,15H,4-10H2,1-3H3. The summed E-state index contributed by atoms with van der Waals surface area (Å²) in [5.74, 6) is 1.13. The van der Waals surface area contributed by atoms with Gasteiger partial charge in [-0.2, -0.15) is 4.31 Å². The van der Waals surface area contributed by atoms with E-state index in [9.17, 15) is 8.42 Å².